The second-order valence-corrected chi connectivity index (χ2v) is 7.79. The first-order chi connectivity index (χ1) is 16.9. The van der Waals surface area contributed by atoms with Crippen LogP contribution in [0.15, 0.2) is 78.9 Å². The van der Waals surface area contributed by atoms with Gasteiger partial charge in [-0.25, -0.2) is 0 Å². The number of carbonyl (C=O) groups is 1. The minimum atomic E-state index is -4.92. The molecule has 0 aliphatic rings. The predicted molar refractivity (Wildman–Crippen MR) is 117 cm³/mol. The van der Waals surface area contributed by atoms with E-state index >= 15 is 0 Å². The third-order valence-corrected chi connectivity index (χ3v) is 5.09. The van der Waals surface area contributed by atoms with E-state index in [0.29, 0.717) is 11.1 Å². The summed E-state index contributed by atoms with van der Waals surface area (Å²) in [7, 11) is 0. The van der Waals surface area contributed by atoms with E-state index in [4.69, 9.17) is 0 Å². The third kappa shape index (κ3) is 6.97. The van der Waals surface area contributed by atoms with Gasteiger partial charge in [-0.05, 0) is 29.8 Å². The lowest BCUT2D eigenvalue weighted by Crippen LogP contribution is -2.41. The van der Waals surface area contributed by atoms with Crippen LogP contribution in [0.1, 0.15) is 21.5 Å². The number of hydrogen-bond donors (Lipinski definition) is 1. The van der Waals surface area contributed by atoms with E-state index in [1.54, 1.807) is 30.3 Å². The van der Waals surface area contributed by atoms with Gasteiger partial charge in [0.25, 0.3) is 0 Å². The number of benzene rings is 3. The Labute approximate surface area is 201 Å². The number of nitrogens with zero attached hydrogens (tertiary/aromatic N) is 1. The summed E-state index contributed by atoms with van der Waals surface area (Å²) < 4.78 is 94.1. The second kappa shape index (κ2) is 11.0. The Morgan fingerprint density at radius 2 is 1.47 bits per heavy atom. The molecule has 0 radical (unpaired) electrons. The van der Waals surface area contributed by atoms with E-state index in [1.807, 2.05) is 0 Å². The summed E-state index contributed by atoms with van der Waals surface area (Å²) in [5, 5.41) is 9.67. The van der Waals surface area contributed by atoms with Gasteiger partial charge in [0.1, 0.15) is 5.75 Å². The highest BCUT2D eigenvalue weighted by molar-refractivity contribution is 6.09. The molecule has 11 heteroatoms. The number of ketones is 1. The van der Waals surface area contributed by atoms with Crippen molar-refractivity contribution in [1.29, 1.82) is 0 Å². The van der Waals surface area contributed by atoms with Crippen molar-refractivity contribution in [3.05, 3.63) is 95.6 Å². The Morgan fingerprint density at radius 1 is 0.861 bits per heavy atom. The van der Waals surface area contributed by atoms with Gasteiger partial charge < -0.3 is 14.7 Å². The van der Waals surface area contributed by atoms with Crippen LogP contribution in [0.25, 0.3) is 0 Å². The fraction of sp³-hybridized carbons (Fsp3) is 0.240. The SMILES string of the molecule is O=C(c1ccccc1)c1cccc(N(Cc2ccc(OC(F)(F)C(F)F)cc2)CC(O)C(F)(F)F)c1. The molecule has 0 aliphatic carbocycles. The lowest BCUT2D eigenvalue weighted by atomic mass is 10.0. The van der Waals surface area contributed by atoms with Gasteiger partial charge in [0.15, 0.2) is 11.9 Å². The van der Waals surface area contributed by atoms with Crippen LogP contribution in [-0.4, -0.2) is 42.2 Å². The second-order valence-electron chi connectivity index (χ2n) is 7.79. The van der Waals surface area contributed by atoms with Gasteiger partial charge in [0.2, 0.25) is 0 Å². The van der Waals surface area contributed by atoms with E-state index in [9.17, 15) is 40.6 Å². The molecular formula is C25H20F7NO3. The molecule has 0 spiro atoms. The van der Waals surface area contributed by atoms with Crippen LogP contribution in [-0.2, 0) is 6.54 Å². The highest BCUT2D eigenvalue weighted by Gasteiger charge is 2.44. The molecule has 3 aromatic carbocycles. The molecule has 0 amide bonds. The summed E-state index contributed by atoms with van der Waals surface area (Å²) in [6.45, 7) is -1.13. The molecular weight excluding hydrogens is 495 g/mol. The van der Waals surface area contributed by atoms with E-state index in [1.165, 1.54) is 36.4 Å². The van der Waals surface area contributed by atoms with Crippen molar-refractivity contribution in [1.82, 2.24) is 0 Å². The molecule has 192 valence electrons. The van der Waals surface area contributed by atoms with Gasteiger partial charge in [-0.3, -0.25) is 4.79 Å². The predicted octanol–water partition coefficient (Wildman–Crippen LogP) is 6.08. The molecule has 0 aliphatic heterocycles. The zero-order valence-corrected chi connectivity index (χ0v) is 18.4. The molecule has 1 atom stereocenters. The first-order valence-corrected chi connectivity index (χ1v) is 10.5. The molecule has 1 N–H and O–H groups in total. The Kier molecular flexibility index (Phi) is 8.24. The highest BCUT2D eigenvalue weighted by Crippen LogP contribution is 2.29. The van der Waals surface area contributed by atoms with Crippen molar-refractivity contribution in [3.63, 3.8) is 0 Å². The number of ether oxygens (including phenoxy) is 1. The van der Waals surface area contributed by atoms with Gasteiger partial charge >= 0.3 is 18.7 Å². The normalized spacial score (nSPS) is 12.9. The Balaban J connectivity index is 1.87. The minimum absolute atomic E-state index is 0.185. The largest absolute Gasteiger partial charge is 0.461 e. The maximum atomic E-state index is 13.1. The van der Waals surface area contributed by atoms with Crippen LogP contribution in [0.3, 0.4) is 0 Å². The van der Waals surface area contributed by atoms with Gasteiger partial charge in [0.05, 0.1) is 6.54 Å². The monoisotopic (exact) mass is 515 g/mol. The van der Waals surface area contributed by atoms with Gasteiger partial charge in [0, 0.05) is 23.4 Å². The van der Waals surface area contributed by atoms with Crippen molar-refractivity contribution < 1.29 is 45.4 Å². The highest BCUT2D eigenvalue weighted by atomic mass is 19.4. The maximum absolute atomic E-state index is 13.1. The Morgan fingerprint density at radius 3 is 2.06 bits per heavy atom. The van der Waals surface area contributed by atoms with Crippen LogP contribution in [0, 0.1) is 0 Å². The first-order valence-electron chi connectivity index (χ1n) is 10.5. The van der Waals surface area contributed by atoms with Crippen LogP contribution in [0.5, 0.6) is 5.75 Å². The maximum Gasteiger partial charge on any atom is 0.461 e. The number of aliphatic hydroxyl groups is 1. The van der Waals surface area contributed by atoms with Gasteiger partial charge in [-0.1, -0.05) is 54.6 Å². The summed E-state index contributed by atoms with van der Waals surface area (Å²) in [6, 6.07) is 18.4. The fourth-order valence-electron chi connectivity index (χ4n) is 3.26. The summed E-state index contributed by atoms with van der Waals surface area (Å²) in [5.74, 6) is -0.934. The number of hydrogen-bond acceptors (Lipinski definition) is 4. The minimum Gasteiger partial charge on any atom is -0.428 e. The first kappa shape index (κ1) is 27.0. The van der Waals surface area contributed by atoms with Gasteiger partial charge in [-0.15, -0.1) is 0 Å². The van der Waals surface area contributed by atoms with Crippen LogP contribution < -0.4 is 9.64 Å². The number of carbonyl (C=O) groups excluding carboxylic acids is 1. The zero-order valence-electron chi connectivity index (χ0n) is 18.4. The zero-order chi connectivity index (χ0) is 26.5. The van der Waals surface area contributed by atoms with Crippen molar-refractivity contribution in [2.45, 2.75) is 31.4 Å². The summed E-state index contributed by atoms with van der Waals surface area (Å²) in [5.41, 5.74) is 1.05. The average Bonchev–Trinajstić information content (AvgIpc) is 2.84. The molecule has 0 saturated heterocycles. The average molecular weight is 515 g/mol. The number of rotatable bonds is 10. The molecule has 0 heterocycles. The molecule has 0 fully saturated rings. The smallest absolute Gasteiger partial charge is 0.428 e. The molecule has 0 saturated carbocycles. The van der Waals surface area contributed by atoms with E-state index in [2.05, 4.69) is 4.74 Å². The van der Waals surface area contributed by atoms with Crippen molar-refractivity contribution >= 4 is 11.5 Å². The van der Waals surface area contributed by atoms with Gasteiger partial charge in [-0.2, -0.15) is 30.7 Å². The van der Waals surface area contributed by atoms with Crippen molar-refractivity contribution in [2.75, 3.05) is 11.4 Å². The van der Waals surface area contributed by atoms with E-state index in [0.717, 1.165) is 17.0 Å². The Bertz CT molecular complexity index is 1150. The lowest BCUT2D eigenvalue weighted by Gasteiger charge is -2.29. The molecule has 3 rings (SSSR count). The number of halogens is 7. The molecule has 1 unspecified atom stereocenters. The number of anilines is 1. The molecule has 3 aromatic rings. The molecule has 4 nitrogen and oxygen atoms in total. The van der Waals surface area contributed by atoms with Crippen molar-refractivity contribution in [2.24, 2.45) is 0 Å². The summed E-state index contributed by atoms with van der Waals surface area (Å²) in [4.78, 5) is 13.9. The molecule has 0 aromatic heterocycles. The standard InChI is InChI=1S/C25H20F7NO3/c26-23(27)25(31,32)36-20-11-9-16(10-12-20)14-33(15-21(34)24(28,29)30)19-8-4-7-18(13-19)22(35)17-5-2-1-3-6-17/h1-13,21,23,34H,14-15H2. The fourth-order valence-corrected chi connectivity index (χ4v) is 3.26. The molecule has 0 bridgehead atoms. The van der Waals surface area contributed by atoms with E-state index in [-0.39, 0.29) is 23.6 Å². The van der Waals surface area contributed by atoms with E-state index < -0.39 is 37.1 Å². The number of aliphatic hydroxyl groups excluding tert-OH is 1. The van der Waals surface area contributed by atoms with Crippen LogP contribution >= 0.6 is 0 Å². The summed E-state index contributed by atoms with van der Waals surface area (Å²) >= 11 is 0. The lowest BCUT2D eigenvalue weighted by molar-refractivity contribution is -0.253. The summed E-state index contributed by atoms with van der Waals surface area (Å²) in [6.07, 6.45) is -16.4. The van der Waals surface area contributed by atoms with Crippen LogP contribution in [0.4, 0.5) is 36.4 Å². The Hall–Kier alpha value is -3.60. The van der Waals surface area contributed by atoms with Crippen molar-refractivity contribution in [3.8, 4) is 5.75 Å². The number of alkyl halides is 7. The van der Waals surface area contributed by atoms with Crippen LogP contribution in [0.2, 0.25) is 0 Å². The molecule has 36 heavy (non-hydrogen) atoms. The third-order valence-electron chi connectivity index (χ3n) is 5.09. The quantitative estimate of drug-likeness (QED) is 0.263. The topological polar surface area (TPSA) is 49.8 Å².